The van der Waals surface area contributed by atoms with Gasteiger partial charge in [-0.15, -0.1) is 11.3 Å². The lowest BCUT2D eigenvalue weighted by atomic mass is 10.0. The predicted molar refractivity (Wildman–Crippen MR) is 86.6 cm³/mol. The highest BCUT2D eigenvalue weighted by Gasteiger charge is 2.22. The Balaban J connectivity index is 2.33. The largest absolute Gasteiger partial charge is 0.483 e. The molecule has 0 saturated heterocycles. The molecule has 20 heavy (non-hydrogen) atoms. The van der Waals surface area contributed by atoms with E-state index in [0.29, 0.717) is 5.92 Å². The second kappa shape index (κ2) is 6.42. The monoisotopic (exact) mass is 289 g/mol. The summed E-state index contributed by atoms with van der Waals surface area (Å²) in [5.41, 5.74) is 8.63. The van der Waals surface area contributed by atoms with Gasteiger partial charge in [-0.2, -0.15) is 0 Å². The van der Waals surface area contributed by atoms with Crippen LogP contribution in [0.5, 0.6) is 5.75 Å². The molecule has 0 saturated carbocycles. The van der Waals surface area contributed by atoms with E-state index in [1.807, 2.05) is 19.1 Å². The molecule has 0 aliphatic carbocycles. The lowest BCUT2D eigenvalue weighted by Crippen LogP contribution is -2.29. The van der Waals surface area contributed by atoms with E-state index in [-0.39, 0.29) is 12.1 Å². The van der Waals surface area contributed by atoms with Crippen LogP contribution in [0.1, 0.15) is 48.8 Å². The van der Waals surface area contributed by atoms with Gasteiger partial charge in [-0.1, -0.05) is 32.0 Å². The van der Waals surface area contributed by atoms with Crippen LogP contribution in [-0.2, 0) is 0 Å². The maximum Gasteiger partial charge on any atom is 0.148 e. The Morgan fingerprint density at radius 1 is 1.10 bits per heavy atom. The normalized spacial score (nSPS) is 14.3. The van der Waals surface area contributed by atoms with Crippen LogP contribution in [0.15, 0.2) is 35.7 Å². The Labute approximate surface area is 125 Å². The molecule has 2 aromatic rings. The molecule has 1 aromatic carbocycles. The lowest BCUT2D eigenvalue weighted by molar-refractivity contribution is 0.181. The fourth-order valence-corrected chi connectivity index (χ4v) is 3.35. The second-order valence-electron chi connectivity index (χ2n) is 5.56. The number of hydrogen-bond donors (Lipinski definition) is 1. The van der Waals surface area contributed by atoms with Crippen molar-refractivity contribution in [1.82, 2.24) is 0 Å². The Morgan fingerprint density at radius 3 is 2.35 bits per heavy atom. The fourth-order valence-electron chi connectivity index (χ4n) is 2.28. The van der Waals surface area contributed by atoms with Crippen molar-refractivity contribution in [1.29, 1.82) is 0 Å². The number of thiophene rings is 1. The van der Waals surface area contributed by atoms with Crippen LogP contribution in [0, 0.1) is 6.92 Å². The molecule has 2 atom stereocenters. The van der Waals surface area contributed by atoms with Crippen molar-refractivity contribution in [2.45, 2.75) is 45.8 Å². The van der Waals surface area contributed by atoms with Gasteiger partial charge in [-0.25, -0.2) is 0 Å². The maximum absolute atomic E-state index is 6.28. The van der Waals surface area contributed by atoms with E-state index in [1.54, 1.807) is 11.3 Å². The van der Waals surface area contributed by atoms with Crippen LogP contribution < -0.4 is 10.5 Å². The zero-order chi connectivity index (χ0) is 14.7. The minimum Gasteiger partial charge on any atom is -0.483 e. The van der Waals surface area contributed by atoms with Crippen molar-refractivity contribution in [3.63, 3.8) is 0 Å². The quantitative estimate of drug-likeness (QED) is 0.869. The SMILES string of the molecule is Cc1ccsc1C(Oc1ccccc1C(C)C)C(C)N. The molecule has 108 valence electrons. The molecule has 0 aliphatic heterocycles. The summed E-state index contributed by atoms with van der Waals surface area (Å²) in [6.45, 7) is 8.47. The van der Waals surface area contributed by atoms with Gasteiger partial charge < -0.3 is 10.5 Å². The molecule has 0 radical (unpaired) electrons. The summed E-state index contributed by atoms with van der Waals surface area (Å²) in [7, 11) is 0. The minimum absolute atomic E-state index is 0.0485. The number of rotatable bonds is 5. The molecule has 2 N–H and O–H groups in total. The number of para-hydroxylation sites is 1. The van der Waals surface area contributed by atoms with Crippen LogP contribution in [0.3, 0.4) is 0 Å². The summed E-state index contributed by atoms with van der Waals surface area (Å²) in [4.78, 5) is 1.22. The van der Waals surface area contributed by atoms with E-state index in [2.05, 4.69) is 44.4 Å². The third-order valence-corrected chi connectivity index (χ3v) is 4.51. The first kappa shape index (κ1) is 15.1. The van der Waals surface area contributed by atoms with Gasteiger partial charge in [0.1, 0.15) is 11.9 Å². The summed E-state index contributed by atoms with van der Waals surface area (Å²) in [6, 6.07) is 10.3. The average molecular weight is 289 g/mol. The standard InChI is InChI=1S/C17H23NOS/c1-11(2)14-7-5-6-8-15(14)19-16(13(4)18)17-12(3)9-10-20-17/h5-11,13,16H,18H2,1-4H3. The van der Waals surface area contributed by atoms with Gasteiger partial charge >= 0.3 is 0 Å². The van der Waals surface area contributed by atoms with Crippen molar-refractivity contribution in [3.05, 3.63) is 51.7 Å². The van der Waals surface area contributed by atoms with Crippen LogP contribution in [0.2, 0.25) is 0 Å². The lowest BCUT2D eigenvalue weighted by Gasteiger charge is -2.24. The zero-order valence-corrected chi connectivity index (χ0v) is 13.4. The fraction of sp³-hybridized carbons (Fsp3) is 0.412. The van der Waals surface area contributed by atoms with Crippen LogP contribution in [0.25, 0.3) is 0 Å². The summed E-state index contributed by atoms with van der Waals surface area (Å²) in [5, 5.41) is 2.09. The average Bonchev–Trinajstić information content (AvgIpc) is 2.82. The third-order valence-electron chi connectivity index (χ3n) is 3.43. The smallest absolute Gasteiger partial charge is 0.148 e. The van der Waals surface area contributed by atoms with E-state index in [4.69, 9.17) is 10.5 Å². The Bertz CT molecular complexity index is 560. The topological polar surface area (TPSA) is 35.2 Å². The van der Waals surface area contributed by atoms with E-state index in [0.717, 1.165) is 5.75 Å². The minimum atomic E-state index is -0.0881. The molecule has 1 heterocycles. The van der Waals surface area contributed by atoms with Crippen molar-refractivity contribution in [2.24, 2.45) is 5.73 Å². The molecular weight excluding hydrogens is 266 g/mol. The Hall–Kier alpha value is -1.32. The second-order valence-corrected chi connectivity index (χ2v) is 6.51. The molecule has 0 fully saturated rings. The van der Waals surface area contributed by atoms with E-state index in [1.165, 1.54) is 16.0 Å². The van der Waals surface area contributed by atoms with Gasteiger partial charge in [0.15, 0.2) is 0 Å². The van der Waals surface area contributed by atoms with Gasteiger partial charge in [0, 0.05) is 10.9 Å². The van der Waals surface area contributed by atoms with E-state index >= 15 is 0 Å². The van der Waals surface area contributed by atoms with E-state index < -0.39 is 0 Å². The highest BCUT2D eigenvalue weighted by molar-refractivity contribution is 7.10. The highest BCUT2D eigenvalue weighted by Crippen LogP contribution is 2.34. The van der Waals surface area contributed by atoms with Crippen LogP contribution >= 0.6 is 11.3 Å². The molecule has 0 amide bonds. The van der Waals surface area contributed by atoms with Crippen LogP contribution in [0.4, 0.5) is 0 Å². The molecule has 2 rings (SSSR count). The third kappa shape index (κ3) is 3.22. The predicted octanol–water partition coefficient (Wildman–Crippen LogP) is 4.65. The molecule has 3 heteroatoms. The van der Waals surface area contributed by atoms with E-state index in [9.17, 15) is 0 Å². The summed E-state index contributed by atoms with van der Waals surface area (Å²) >= 11 is 1.71. The molecule has 0 bridgehead atoms. The van der Waals surface area contributed by atoms with Crippen molar-refractivity contribution in [3.8, 4) is 5.75 Å². The van der Waals surface area contributed by atoms with Gasteiger partial charge in [-0.3, -0.25) is 0 Å². The van der Waals surface area contributed by atoms with Crippen molar-refractivity contribution in [2.75, 3.05) is 0 Å². The highest BCUT2D eigenvalue weighted by atomic mass is 32.1. The maximum atomic E-state index is 6.28. The van der Waals surface area contributed by atoms with Gasteiger partial charge in [0.05, 0.1) is 0 Å². The number of hydrogen-bond acceptors (Lipinski definition) is 3. The first-order valence-electron chi connectivity index (χ1n) is 7.06. The van der Waals surface area contributed by atoms with Gasteiger partial charge in [0.25, 0.3) is 0 Å². The van der Waals surface area contributed by atoms with Crippen molar-refractivity contribution < 1.29 is 4.74 Å². The number of aryl methyl sites for hydroxylation is 1. The summed E-state index contributed by atoms with van der Waals surface area (Å²) < 4.78 is 6.28. The number of ether oxygens (including phenoxy) is 1. The molecule has 2 unspecified atom stereocenters. The Kier molecular flexibility index (Phi) is 4.84. The summed E-state index contributed by atoms with van der Waals surface area (Å²) in [6.07, 6.45) is -0.0881. The van der Waals surface area contributed by atoms with Gasteiger partial charge in [-0.05, 0) is 48.4 Å². The molecular formula is C17H23NOS. The number of nitrogens with two attached hydrogens (primary N) is 1. The van der Waals surface area contributed by atoms with Gasteiger partial charge in [0.2, 0.25) is 0 Å². The first-order valence-corrected chi connectivity index (χ1v) is 7.93. The van der Waals surface area contributed by atoms with Crippen LogP contribution in [-0.4, -0.2) is 6.04 Å². The first-order chi connectivity index (χ1) is 9.50. The summed E-state index contributed by atoms with van der Waals surface area (Å²) in [5.74, 6) is 1.38. The zero-order valence-electron chi connectivity index (χ0n) is 12.6. The molecule has 2 nitrogen and oxygen atoms in total. The number of benzene rings is 1. The van der Waals surface area contributed by atoms with Crippen molar-refractivity contribution >= 4 is 11.3 Å². The molecule has 0 spiro atoms. The Morgan fingerprint density at radius 2 is 1.80 bits per heavy atom. The molecule has 0 aliphatic rings. The molecule has 1 aromatic heterocycles.